The van der Waals surface area contributed by atoms with Gasteiger partial charge in [-0.1, -0.05) is 23.7 Å². The van der Waals surface area contributed by atoms with Crippen molar-refractivity contribution in [1.82, 2.24) is 10.6 Å². The quantitative estimate of drug-likeness (QED) is 0.574. The number of carbonyl (C=O) groups excluding carboxylic acids is 2. The average Bonchev–Trinajstić information content (AvgIpc) is 2.69. The van der Waals surface area contributed by atoms with Crippen LogP contribution in [0.2, 0.25) is 5.02 Å². The van der Waals surface area contributed by atoms with Crippen molar-refractivity contribution < 1.29 is 19.4 Å². The Morgan fingerprint density at radius 2 is 1.74 bits per heavy atom. The number of ether oxygens (including phenoxy) is 1. The molecule has 0 bridgehead atoms. The Bertz CT molecular complexity index is 748. The van der Waals surface area contributed by atoms with Gasteiger partial charge < -0.3 is 20.5 Å². The highest BCUT2D eigenvalue weighted by atomic mass is 35.5. The van der Waals surface area contributed by atoms with Gasteiger partial charge in [-0.05, 0) is 48.4 Å². The fourth-order valence-corrected chi connectivity index (χ4v) is 2.52. The van der Waals surface area contributed by atoms with Crippen LogP contribution in [0, 0.1) is 0 Å². The lowest BCUT2D eigenvalue weighted by Gasteiger charge is -2.13. The molecule has 0 radical (unpaired) electrons. The molecule has 0 spiro atoms. The SMILES string of the molecule is COc1ccc(C(O)CNC(=O)CCCNC(=O)c2ccc(Cl)cc2)cc1. The first kappa shape index (κ1) is 20.7. The number of amides is 2. The number of benzene rings is 2. The highest BCUT2D eigenvalue weighted by Gasteiger charge is 2.10. The van der Waals surface area contributed by atoms with Crippen LogP contribution in [0.4, 0.5) is 0 Å². The first-order chi connectivity index (χ1) is 13.0. The van der Waals surface area contributed by atoms with Gasteiger partial charge in [0, 0.05) is 30.1 Å². The smallest absolute Gasteiger partial charge is 0.251 e. The summed E-state index contributed by atoms with van der Waals surface area (Å²) in [6.07, 6.45) is -0.0236. The lowest BCUT2D eigenvalue weighted by atomic mass is 10.1. The summed E-state index contributed by atoms with van der Waals surface area (Å²) >= 11 is 5.78. The van der Waals surface area contributed by atoms with Gasteiger partial charge in [0.1, 0.15) is 5.75 Å². The van der Waals surface area contributed by atoms with Crippen LogP contribution in [-0.4, -0.2) is 37.1 Å². The van der Waals surface area contributed by atoms with Gasteiger partial charge in [-0.15, -0.1) is 0 Å². The number of aliphatic hydroxyl groups excluding tert-OH is 1. The highest BCUT2D eigenvalue weighted by Crippen LogP contribution is 2.17. The molecule has 0 heterocycles. The normalized spacial score (nSPS) is 11.5. The van der Waals surface area contributed by atoms with Gasteiger partial charge in [0.15, 0.2) is 0 Å². The minimum atomic E-state index is -0.788. The van der Waals surface area contributed by atoms with Crippen molar-refractivity contribution in [2.75, 3.05) is 20.2 Å². The van der Waals surface area contributed by atoms with E-state index in [0.29, 0.717) is 34.9 Å². The second-order valence-electron chi connectivity index (χ2n) is 5.96. The van der Waals surface area contributed by atoms with Crippen LogP contribution in [0.25, 0.3) is 0 Å². The van der Waals surface area contributed by atoms with E-state index in [1.807, 2.05) is 0 Å². The van der Waals surface area contributed by atoms with Crippen molar-refractivity contribution in [3.8, 4) is 5.75 Å². The predicted octanol–water partition coefficient (Wildman–Crippen LogP) is 2.71. The van der Waals surface area contributed by atoms with Gasteiger partial charge in [0.2, 0.25) is 5.91 Å². The summed E-state index contributed by atoms with van der Waals surface area (Å²) in [4.78, 5) is 23.8. The van der Waals surface area contributed by atoms with E-state index in [2.05, 4.69) is 10.6 Å². The van der Waals surface area contributed by atoms with Gasteiger partial charge in [0.25, 0.3) is 5.91 Å². The van der Waals surface area contributed by atoms with Crippen LogP contribution in [0.5, 0.6) is 5.75 Å². The fraction of sp³-hybridized carbons (Fsp3) is 0.300. The highest BCUT2D eigenvalue weighted by molar-refractivity contribution is 6.30. The van der Waals surface area contributed by atoms with E-state index < -0.39 is 6.10 Å². The minimum Gasteiger partial charge on any atom is -0.497 e. The number of rotatable bonds is 9. The summed E-state index contributed by atoms with van der Waals surface area (Å²) in [5, 5.41) is 16.1. The topological polar surface area (TPSA) is 87.7 Å². The van der Waals surface area contributed by atoms with Crippen LogP contribution in [0.3, 0.4) is 0 Å². The summed E-state index contributed by atoms with van der Waals surface area (Å²) in [7, 11) is 1.57. The number of hydrogen-bond donors (Lipinski definition) is 3. The van der Waals surface area contributed by atoms with Crippen molar-refractivity contribution in [2.24, 2.45) is 0 Å². The first-order valence-corrected chi connectivity index (χ1v) is 9.00. The summed E-state index contributed by atoms with van der Waals surface area (Å²) in [6.45, 7) is 0.512. The van der Waals surface area contributed by atoms with Gasteiger partial charge in [-0.25, -0.2) is 0 Å². The molecule has 6 nitrogen and oxygen atoms in total. The number of hydrogen-bond acceptors (Lipinski definition) is 4. The number of aliphatic hydroxyl groups is 1. The Balaban J connectivity index is 1.64. The second-order valence-corrected chi connectivity index (χ2v) is 6.40. The largest absolute Gasteiger partial charge is 0.497 e. The summed E-state index contributed by atoms with van der Waals surface area (Å²) in [5.41, 5.74) is 1.22. The Labute approximate surface area is 163 Å². The lowest BCUT2D eigenvalue weighted by Crippen LogP contribution is -2.30. The minimum absolute atomic E-state index is 0.127. The van der Waals surface area contributed by atoms with Crippen molar-refractivity contribution >= 4 is 23.4 Å². The molecular formula is C20H23ClN2O4. The van der Waals surface area contributed by atoms with Crippen molar-refractivity contribution in [3.05, 3.63) is 64.7 Å². The molecule has 2 aromatic rings. The molecule has 1 atom stereocenters. The van der Waals surface area contributed by atoms with E-state index in [1.165, 1.54) is 0 Å². The van der Waals surface area contributed by atoms with E-state index in [0.717, 1.165) is 0 Å². The van der Waals surface area contributed by atoms with E-state index in [-0.39, 0.29) is 24.8 Å². The Kier molecular flexibility index (Phi) is 8.10. The van der Waals surface area contributed by atoms with Crippen molar-refractivity contribution in [1.29, 1.82) is 0 Å². The first-order valence-electron chi connectivity index (χ1n) is 8.62. The number of halogens is 1. The summed E-state index contributed by atoms with van der Waals surface area (Å²) < 4.78 is 5.07. The zero-order valence-corrected chi connectivity index (χ0v) is 15.8. The number of methoxy groups -OCH3 is 1. The molecule has 2 rings (SSSR count). The molecule has 144 valence electrons. The maximum Gasteiger partial charge on any atom is 0.251 e. The Morgan fingerprint density at radius 3 is 2.37 bits per heavy atom. The van der Waals surface area contributed by atoms with Crippen LogP contribution < -0.4 is 15.4 Å². The lowest BCUT2D eigenvalue weighted by molar-refractivity contribution is -0.121. The molecular weight excluding hydrogens is 368 g/mol. The van der Waals surface area contributed by atoms with Crippen LogP contribution >= 0.6 is 11.6 Å². The fourth-order valence-electron chi connectivity index (χ4n) is 2.40. The molecule has 0 aliphatic rings. The third kappa shape index (κ3) is 6.92. The standard InChI is InChI=1S/C20H23ClN2O4/c1-27-17-10-6-14(7-11-17)18(24)13-23-19(25)3-2-12-22-20(26)15-4-8-16(21)9-5-15/h4-11,18,24H,2-3,12-13H2,1H3,(H,22,26)(H,23,25). The monoisotopic (exact) mass is 390 g/mol. The molecule has 0 fully saturated rings. The third-order valence-electron chi connectivity index (χ3n) is 3.97. The summed E-state index contributed by atoms with van der Waals surface area (Å²) in [6, 6.07) is 13.6. The average molecular weight is 391 g/mol. The van der Waals surface area contributed by atoms with E-state index in [9.17, 15) is 14.7 Å². The molecule has 2 amide bonds. The van der Waals surface area contributed by atoms with Crippen LogP contribution in [0.15, 0.2) is 48.5 Å². The third-order valence-corrected chi connectivity index (χ3v) is 4.22. The van der Waals surface area contributed by atoms with Gasteiger partial charge in [-0.2, -0.15) is 0 Å². The van der Waals surface area contributed by atoms with Crippen molar-refractivity contribution in [2.45, 2.75) is 18.9 Å². The number of carbonyl (C=O) groups is 2. The van der Waals surface area contributed by atoms with E-state index in [4.69, 9.17) is 16.3 Å². The molecule has 0 aliphatic heterocycles. The molecule has 0 aromatic heterocycles. The van der Waals surface area contributed by atoms with E-state index in [1.54, 1.807) is 55.6 Å². The molecule has 7 heteroatoms. The van der Waals surface area contributed by atoms with Gasteiger partial charge in [-0.3, -0.25) is 9.59 Å². The van der Waals surface area contributed by atoms with E-state index >= 15 is 0 Å². The van der Waals surface area contributed by atoms with Gasteiger partial charge >= 0.3 is 0 Å². The molecule has 0 saturated carbocycles. The van der Waals surface area contributed by atoms with Gasteiger partial charge in [0.05, 0.1) is 13.2 Å². The van der Waals surface area contributed by atoms with Crippen LogP contribution in [0.1, 0.15) is 34.9 Å². The maximum atomic E-state index is 11.9. The second kappa shape index (κ2) is 10.5. The molecule has 0 saturated heterocycles. The molecule has 27 heavy (non-hydrogen) atoms. The molecule has 3 N–H and O–H groups in total. The summed E-state index contributed by atoms with van der Waals surface area (Å²) in [5.74, 6) is 0.320. The zero-order valence-electron chi connectivity index (χ0n) is 15.1. The molecule has 2 aromatic carbocycles. The number of nitrogens with one attached hydrogen (secondary N) is 2. The Hall–Kier alpha value is -2.57. The molecule has 1 unspecified atom stereocenters. The van der Waals surface area contributed by atoms with Crippen molar-refractivity contribution in [3.63, 3.8) is 0 Å². The Morgan fingerprint density at radius 1 is 1.07 bits per heavy atom. The molecule has 0 aliphatic carbocycles. The maximum absolute atomic E-state index is 11.9. The predicted molar refractivity (Wildman–Crippen MR) is 104 cm³/mol. The van der Waals surface area contributed by atoms with Crippen LogP contribution in [-0.2, 0) is 4.79 Å². The zero-order chi connectivity index (χ0) is 19.6.